The van der Waals surface area contributed by atoms with Crippen LogP contribution in [0.3, 0.4) is 0 Å². The number of thiophene rings is 1. The lowest BCUT2D eigenvalue weighted by molar-refractivity contribution is 0.0705. The Morgan fingerprint density at radius 2 is 2.04 bits per heavy atom. The van der Waals surface area contributed by atoms with E-state index in [0.717, 1.165) is 34.0 Å². The number of hydrogen-bond acceptors (Lipinski definition) is 10. The molecule has 28 heavy (non-hydrogen) atoms. The molecule has 1 saturated heterocycles. The van der Waals surface area contributed by atoms with E-state index in [1.165, 1.54) is 12.4 Å². The van der Waals surface area contributed by atoms with E-state index < -0.39 is 5.91 Å². The molecule has 0 aliphatic carbocycles. The number of hydroxylamine groups is 1. The molecule has 1 amide bonds. The molecule has 1 fully saturated rings. The summed E-state index contributed by atoms with van der Waals surface area (Å²) in [7, 11) is 1.88. The van der Waals surface area contributed by atoms with Crippen molar-refractivity contribution in [1.82, 2.24) is 25.4 Å². The van der Waals surface area contributed by atoms with Gasteiger partial charge < -0.3 is 14.5 Å². The second-order valence-corrected chi connectivity index (χ2v) is 7.43. The van der Waals surface area contributed by atoms with Crippen molar-refractivity contribution < 1.29 is 14.7 Å². The Hall–Kier alpha value is -2.89. The minimum atomic E-state index is -0.645. The highest BCUT2D eigenvalue weighted by Gasteiger charge is 2.18. The molecular formula is C17H19N7O3S. The molecule has 0 saturated carbocycles. The van der Waals surface area contributed by atoms with Gasteiger partial charge in [0.05, 0.1) is 35.5 Å². The summed E-state index contributed by atoms with van der Waals surface area (Å²) >= 11 is 1.65. The number of hydrogen-bond donors (Lipinski definition) is 2. The minimum absolute atomic E-state index is 0.187. The number of carbonyl (C=O) groups excluding carboxylic acids is 1. The summed E-state index contributed by atoms with van der Waals surface area (Å²) in [4.78, 5) is 33.8. The molecule has 0 atom stereocenters. The zero-order valence-electron chi connectivity index (χ0n) is 15.2. The van der Waals surface area contributed by atoms with E-state index in [1.54, 1.807) is 23.1 Å². The fourth-order valence-corrected chi connectivity index (χ4v) is 4.15. The highest BCUT2D eigenvalue weighted by Crippen LogP contribution is 2.32. The van der Waals surface area contributed by atoms with Crippen molar-refractivity contribution in [2.75, 3.05) is 43.2 Å². The van der Waals surface area contributed by atoms with Crippen LogP contribution >= 0.6 is 11.3 Å². The molecule has 3 aromatic rings. The Balaban J connectivity index is 1.53. The lowest BCUT2D eigenvalue weighted by Crippen LogP contribution is -2.36. The van der Waals surface area contributed by atoms with E-state index in [-0.39, 0.29) is 5.56 Å². The van der Waals surface area contributed by atoms with Crippen LogP contribution in [0.2, 0.25) is 0 Å². The molecule has 0 bridgehead atoms. The number of ether oxygens (including phenoxy) is 1. The van der Waals surface area contributed by atoms with E-state index in [2.05, 4.69) is 30.9 Å². The third-order valence-corrected chi connectivity index (χ3v) is 5.50. The molecule has 0 radical (unpaired) electrons. The van der Waals surface area contributed by atoms with Crippen molar-refractivity contribution in [3.63, 3.8) is 0 Å². The molecule has 11 heteroatoms. The molecule has 0 spiro atoms. The Morgan fingerprint density at radius 1 is 1.29 bits per heavy atom. The van der Waals surface area contributed by atoms with Gasteiger partial charge >= 0.3 is 0 Å². The monoisotopic (exact) mass is 401 g/mol. The molecule has 0 unspecified atom stereocenters. The number of carbonyl (C=O) groups is 1. The lowest BCUT2D eigenvalue weighted by atomic mass is 10.3. The minimum Gasteiger partial charge on any atom is -0.378 e. The van der Waals surface area contributed by atoms with Gasteiger partial charge in [0.25, 0.3) is 5.91 Å². The SMILES string of the molecule is CN(Cc1cc2ncnc(N3CCOCC3)c2s1)c1ncc(C(=O)NO)cn1. The van der Waals surface area contributed by atoms with Crippen LogP contribution < -0.4 is 15.3 Å². The molecule has 10 nitrogen and oxygen atoms in total. The predicted octanol–water partition coefficient (Wildman–Crippen LogP) is 1.07. The van der Waals surface area contributed by atoms with E-state index in [9.17, 15) is 4.79 Å². The van der Waals surface area contributed by atoms with Crippen molar-refractivity contribution in [3.05, 3.63) is 35.2 Å². The van der Waals surface area contributed by atoms with Gasteiger partial charge in [-0.15, -0.1) is 11.3 Å². The summed E-state index contributed by atoms with van der Waals surface area (Å²) in [5.41, 5.74) is 2.67. The molecule has 1 aliphatic heterocycles. The van der Waals surface area contributed by atoms with Crippen LogP contribution in [0.25, 0.3) is 10.2 Å². The summed E-state index contributed by atoms with van der Waals surface area (Å²) in [6, 6.07) is 2.05. The first-order chi connectivity index (χ1) is 13.7. The van der Waals surface area contributed by atoms with Gasteiger partial charge in [0, 0.05) is 37.4 Å². The van der Waals surface area contributed by atoms with Gasteiger partial charge in [-0.1, -0.05) is 0 Å². The van der Waals surface area contributed by atoms with Gasteiger partial charge in [0.15, 0.2) is 0 Å². The van der Waals surface area contributed by atoms with Crippen molar-refractivity contribution >= 4 is 39.2 Å². The first kappa shape index (κ1) is 18.5. The molecule has 146 valence electrons. The van der Waals surface area contributed by atoms with E-state index in [1.807, 2.05) is 11.9 Å². The third-order valence-electron chi connectivity index (χ3n) is 4.39. The van der Waals surface area contributed by atoms with Crippen LogP contribution in [0, 0.1) is 0 Å². The molecular weight excluding hydrogens is 382 g/mol. The number of aromatic nitrogens is 4. The molecule has 4 rings (SSSR count). The topological polar surface area (TPSA) is 117 Å². The van der Waals surface area contributed by atoms with Crippen molar-refractivity contribution in [3.8, 4) is 0 Å². The van der Waals surface area contributed by atoms with E-state index in [4.69, 9.17) is 9.94 Å². The summed E-state index contributed by atoms with van der Waals surface area (Å²) in [6.07, 6.45) is 4.34. The van der Waals surface area contributed by atoms with Crippen LogP contribution in [0.4, 0.5) is 11.8 Å². The number of fused-ring (bicyclic) bond motifs is 1. The first-order valence-electron chi connectivity index (χ1n) is 8.69. The van der Waals surface area contributed by atoms with Crippen LogP contribution in [0.5, 0.6) is 0 Å². The highest BCUT2D eigenvalue weighted by atomic mass is 32.1. The van der Waals surface area contributed by atoms with E-state index in [0.29, 0.717) is 25.7 Å². The Morgan fingerprint density at radius 3 is 2.75 bits per heavy atom. The van der Waals surface area contributed by atoms with Crippen molar-refractivity contribution in [1.29, 1.82) is 0 Å². The Kier molecular flexibility index (Phi) is 5.28. The number of nitrogens with one attached hydrogen (secondary N) is 1. The second-order valence-electron chi connectivity index (χ2n) is 6.29. The van der Waals surface area contributed by atoms with Crippen LogP contribution in [0.15, 0.2) is 24.8 Å². The third kappa shape index (κ3) is 3.72. The smallest absolute Gasteiger partial charge is 0.277 e. The zero-order chi connectivity index (χ0) is 19.5. The molecule has 4 heterocycles. The summed E-state index contributed by atoms with van der Waals surface area (Å²) in [5.74, 6) is 0.780. The fourth-order valence-electron chi connectivity index (χ4n) is 2.97. The Bertz CT molecular complexity index is 973. The zero-order valence-corrected chi connectivity index (χ0v) is 16.0. The number of amides is 1. The molecule has 1 aliphatic rings. The second kappa shape index (κ2) is 8.00. The summed E-state index contributed by atoms with van der Waals surface area (Å²) < 4.78 is 6.49. The predicted molar refractivity (Wildman–Crippen MR) is 104 cm³/mol. The van der Waals surface area contributed by atoms with Crippen LogP contribution in [0.1, 0.15) is 15.2 Å². The summed E-state index contributed by atoms with van der Waals surface area (Å²) in [5, 5.41) is 8.66. The Labute approximate surface area is 164 Å². The van der Waals surface area contributed by atoms with Gasteiger partial charge in [-0.05, 0) is 6.07 Å². The number of morpholine rings is 1. The van der Waals surface area contributed by atoms with Gasteiger partial charge in [0.2, 0.25) is 5.95 Å². The maximum Gasteiger partial charge on any atom is 0.277 e. The normalized spacial score (nSPS) is 14.3. The van der Waals surface area contributed by atoms with Gasteiger partial charge in [-0.2, -0.15) is 0 Å². The molecule has 0 aromatic carbocycles. The van der Waals surface area contributed by atoms with Gasteiger partial charge in [0.1, 0.15) is 12.1 Å². The average molecular weight is 401 g/mol. The number of nitrogens with zero attached hydrogens (tertiary/aromatic N) is 6. The quantitative estimate of drug-likeness (QED) is 0.478. The standard InChI is InChI=1S/C17H19N7O3S/c1-23(17-18-7-11(8-19-17)16(25)22-26)9-12-6-13-14(28-12)15(21-10-20-13)24-2-4-27-5-3-24/h6-8,10,26H,2-5,9H2,1H3,(H,22,25). The number of rotatable bonds is 5. The fraction of sp³-hybridized carbons (Fsp3) is 0.353. The van der Waals surface area contributed by atoms with Gasteiger partial charge in [-0.25, -0.2) is 25.4 Å². The lowest BCUT2D eigenvalue weighted by Gasteiger charge is -2.27. The van der Waals surface area contributed by atoms with Gasteiger partial charge in [-0.3, -0.25) is 10.0 Å². The van der Waals surface area contributed by atoms with Crippen molar-refractivity contribution in [2.24, 2.45) is 0 Å². The van der Waals surface area contributed by atoms with Crippen molar-refractivity contribution in [2.45, 2.75) is 6.54 Å². The largest absolute Gasteiger partial charge is 0.378 e. The van der Waals surface area contributed by atoms with E-state index >= 15 is 0 Å². The summed E-state index contributed by atoms with van der Waals surface area (Å²) in [6.45, 7) is 3.64. The van der Waals surface area contributed by atoms with Crippen LogP contribution in [-0.2, 0) is 11.3 Å². The molecule has 2 N–H and O–H groups in total. The van der Waals surface area contributed by atoms with Crippen LogP contribution in [-0.4, -0.2) is 64.4 Å². The molecule has 3 aromatic heterocycles. The average Bonchev–Trinajstić information content (AvgIpc) is 3.16. The number of anilines is 2. The maximum absolute atomic E-state index is 11.4. The maximum atomic E-state index is 11.4. The first-order valence-corrected chi connectivity index (χ1v) is 9.51. The highest BCUT2D eigenvalue weighted by molar-refractivity contribution is 7.19.